The number of cyclic esters (lactones) is 1. The molecule has 4 aromatic rings. The SMILES string of the molecule is C[C@H]1COC(=O)N1C1C(=O)N(C(C(=O)OCc2cc(Cl)c(Cl)cc2Cl)[C@@H](CCC(=O)N[N+](=O)[O-])Cc2ccccc2)C1CCc1ccnc2ccccc12. The van der Waals surface area contributed by atoms with Crippen molar-refractivity contribution in [1.82, 2.24) is 20.2 Å². The molecule has 3 amide bonds. The Morgan fingerprint density at radius 1 is 1.02 bits per heavy atom. The van der Waals surface area contributed by atoms with Crippen LogP contribution in [0.4, 0.5) is 4.79 Å². The van der Waals surface area contributed by atoms with E-state index in [1.165, 1.54) is 21.9 Å². The first-order valence-corrected chi connectivity index (χ1v) is 18.4. The highest BCUT2D eigenvalue weighted by Gasteiger charge is 2.59. The fourth-order valence-electron chi connectivity index (χ4n) is 7.29. The van der Waals surface area contributed by atoms with E-state index in [2.05, 4.69) is 4.98 Å². The number of carbonyl (C=O) groups excluding carboxylic acids is 4. The number of nitro groups is 1. The number of nitrogens with one attached hydrogen (secondary N) is 1. The number of halogens is 3. The van der Waals surface area contributed by atoms with Gasteiger partial charge in [0.15, 0.2) is 5.03 Å². The van der Waals surface area contributed by atoms with Crippen LogP contribution in [0.25, 0.3) is 10.9 Å². The van der Waals surface area contributed by atoms with Gasteiger partial charge in [-0.25, -0.2) is 19.7 Å². The molecule has 282 valence electrons. The normalized spacial score (nSPS) is 19.2. The van der Waals surface area contributed by atoms with E-state index in [1.807, 2.05) is 60.7 Å². The first-order valence-electron chi connectivity index (χ1n) is 17.3. The standard InChI is InChI=1S/C38H36Cl3N5O8/c1-22-20-54-38(50)44(22)35-32(13-11-24-15-16-42-31-10-6-5-9-27(24)31)45(36(35)48)34(37(49)53-21-26-18-29(40)30(41)19-28(26)39)25(12-14-33(47)43-46(51)52)17-23-7-3-2-4-8-23/h2-10,15-16,18-19,22,25,32,34-35H,11-14,17,20-21H2,1H3,(H,43,47)/t22-,25-,32?,34?,35?/m0/s1. The molecule has 0 saturated carbocycles. The lowest BCUT2D eigenvalue weighted by Gasteiger charge is -2.54. The smallest absolute Gasteiger partial charge is 0.410 e. The maximum absolute atomic E-state index is 14.5. The maximum atomic E-state index is 14.5. The van der Waals surface area contributed by atoms with E-state index in [0.717, 1.165) is 22.0 Å². The van der Waals surface area contributed by atoms with Gasteiger partial charge in [0.25, 0.3) is 5.91 Å². The zero-order valence-corrected chi connectivity index (χ0v) is 31.3. The summed E-state index contributed by atoms with van der Waals surface area (Å²) in [4.78, 5) is 73.1. The lowest BCUT2D eigenvalue weighted by Crippen LogP contribution is -2.75. The molecular weight excluding hydrogens is 761 g/mol. The predicted octanol–water partition coefficient (Wildman–Crippen LogP) is 6.61. The Kier molecular flexibility index (Phi) is 12.2. The zero-order valence-electron chi connectivity index (χ0n) is 29.0. The van der Waals surface area contributed by atoms with Crippen LogP contribution in [0.1, 0.15) is 42.9 Å². The second-order valence-electron chi connectivity index (χ2n) is 13.3. The molecular formula is C38H36Cl3N5O8. The number of β-lactam (4-membered cyclic amide) rings is 1. The Hall–Kier alpha value is -4.98. The van der Waals surface area contributed by atoms with Crippen LogP contribution in [-0.2, 0) is 43.3 Å². The van der Waals surface area contributed by atoms with Crippen LogP contribution in [0.3, 0.4) is 0 Å². The van der Waals surface area contributed by atoms with Crippen molar-refractivity contribution in [2.75, 3.05) is 6.61 Å². The number of ether oxygens (including phenoxy) is 2. The summed E-state index contributed by atoms with van der Waals surface area (Å²) in [5.41, 5.74) is 4.58. The van der Waals surface area contributed by atoms with E-state index in [0.29, 0.717) is 18.4 Å². The van der Waals surface area contributed by atoms with E-state index in [-0.39, 0.29) is 47.5 Å². The fourth-order valence-corrected chi connectivity index (χ4v) is 7.91. The minimum absolute atomic E-state index is 0.0276. The average Bonchev–Trinajstić information content (AvgIpc) is 3.47. The van der Waals surface area contributed by atoms with E-state index in [4.69, 9.17) is 44.3 Å². The molecule has 54 heavy (non-hydrogen) atoms. The van der Waals surface area contributed by atoms with Crippen LogP contribution in [0.2, 0.25) is 15.1 Å². The summed E-state index contributed by atoms with van der Waals surface area (Å²) in [6, 6.07) is 18.3. The number of nitrogens with zero attached hydrogens (tertiary/aromatic N) is 4. The summed E-state index contributed by atoms with van der Waals surface area (Å²) in [6.45, 7) is 1.56. The average molecular weight is 797 g/mol. The molecule has 3 unspecified atom stereocenters. The van der Waals surface area contributed by atoms with Crippen LogP contribution in [-0.4, -0.2) is 74.5 Å². The number of aromatic nitrogens is 1. The number of pyridine rings is 1. The highest BCUT2D eigenvalue weighted by molar-refractivity contribution is 6.43. The topological polar surface area (TPSA) is 161 Å². The number of carbonyl (C=O) groups is 4. The minimum atomic E-state index is -1.29. The van der Waals surface area contributed by atoms with Crippen molar-refractivity contribution in [2.45, 2.75) is 69.8 Å². The molecule has 0 bridgehead atoms. The first-order chi connectivity index (χ1) is 25.9. The largest absolute Gasteiger partial charge is 0.459 e. The molecule has 2 fully saturated rings. The van der Waals surface area contributed by atoms with Crippen molar-refractivity contribution in [3.8, 4) is 0 Å². The van der Waals surface area contributed by atoms with Gasteiger partial charge in [-0.2, -0.15) is 0 Å². The molecule has 0 radical (unpaired) electrons. The number of amides is 3. The number of para-hydroxylation sites is 1. The molecule has 3 heterocycles. The Bertz CT molecular complexity index is 2070. The van der Waals surface area contributed by atoms with Gasteiger partial charge in [0.05, 0.1) is 27.6 Å². The van der Waals surface area contributed by atoms with Crippen molar-refractivity contribution < 1.29 is 33.7 Å². The zero-order chi connectivity index (χ0) is 38.5. The van der Waals surface area contributed by atoms with Gasteiger partial charge >= 0.3 is 12.1 Å². The second kappa shape index (κ2) is 17.0. The van der Waals surface area contributed by atoms with Crippen LogP contribution in [0, 0.1) is 16.0 Å². The molecule has 2 aliphatic rings. The molecule has 0 spiro atoms. The number of hydrazine groups is 1. The van der Waals surface area contributed by atoms with Gasteiger partial charge in [-0.05, 0) is 73.9 Å². The summed E-state index contributed by atoms with van der Waals surface area (Å²) in [7, 11) is 0. The van der Waals surface area contributed by atoms with E-state index < -0.39 is 59.0 Å². The second-order valence-corrected chi connectivity index (χ2v) is 14.5. The van der Waals surface area contributed by atoms with Crippen LogP contribution in [0.15, 0.2) is 79.0 Å². The summed E-state index contributed by atoms with van der Waals surface area (Å²) in [5.74, 6) is -2.92. The van der Waals surface area contributed by atoms with Crippen LogP contribution >= 0.6 is 34.8 Å². The quantitative estimate of drug-likeness (QED) is 0.0459. The number of rotatable bonds is 15. The monoisotopic (exact) mass is 795 g/mol. The minimum Gasteiger partial charge on any atom is -0.459 e. The maximum Gasteiger partial charge on any atom is 0.410 e. The molecule has 5 atom stereocenters. The molecule has 2 saturated heterocycles. The van der Waals surface area contributed by atoms with Gasteiger partial charge < -0.3 is 14.4 Å². The van der Waals surface area contributed by atoms with Crippen molar-refractivity contribution in [1.29, 1.82) is 0 Å². The summed E-state index contributed by atoms with van der Waals surface area (Å²) in [6.07, 6.45) is 1.72. The molecule has 1 aromatic heterocycles. The van der Waals surface area contributed by atoms with Gasteiger partial charge in [-0.1, -0.05) is 88.8 Å². The lowest BCUT2D eigenvalue weighted by atomic mass is 9.80. The van der Waals surface area contributed by atoms with Gasteiger partial charge in [0, 0.05) is 28.6 Å². The van der Waals surface area contributed by atoms with Gasteiger partial charge in [0.2, 0.25) is 5.91 Å². The molecule has 6 rings (SSSR count). The van der Waals surface area contributed by atoms with Gasteiger partial charge in [-0.15, -0.1) is 0 Å². The van der Waals surface area contributed by atoms with Crippen LogP contribution in [0.5, 0.6) is 0 Å². The molecule has 13 nitrogen and oxygen atoms in total. The van der Waals surface area contributed by atoms with Crippen LogP contribution < -0.4 is 5.43 Å². The van der Waals surface area contributed by atoms with Crippen molar-refractivity contribution in [3.05, 3.63) is 121 Å². The summed E-state index contributed by atoms with van der Waals surface area (Å²) < 4.78 is 11.2. The Balaban J connectivity index is 1.39. The summed E-state index contributed by atoms with van der Waals surface area (Å²) >= 11 is 18.8. The first kappa shape index (κ1) is 38.7. The third-order valence-electron chi connectivity index (χ3n) is 9.86. The lowest BCUT2D eigenvalue weighted by molar-refractivity contribution is -0.530. The van der Waals surface area contributed by atoms with E-state index in [1.54, 1.807) is 18.5 Å². The number of benzene rings is 3. The number of likely N-dealkylation sites (tertiary alicyclic amines) is 1. The number of hydrogen-bond donors (Lipinski definition) is 1. The van der Waals surface area contributed by atoms with E-state index in [9.17, 15) is 29.3 Å². The highest BCUT2D eigenvalue weighted by atomic mass is 35.5. The van der Waals surface area contributed by atoms with E-state index >= 15 is 0 Å². The van der Waals surface area contributed by atoms with Crippen molar-refractivity contribution >= 4 is 69.6 Å². The van der Waals surface area contributed by atoms with Crippen molar-refractivity contribution in [3.63, 3.8) is 0 Å². The number of hydrogen-bond acceptors (Lipinski definition) is 9. The molecule has 1 N–H and O–H groups in total. The fraction of sp³-hybridized carbons (Fsp3) is 0.342. The number of fused-ring (bicyclic) bond motifs is 1. The third kappa shape index (κ3) is 8.53. The molecule has 16 heteroatoms. The highest BCUT2D eigenvalue weighted by Crippen LogP contribution is 2.39. The van der Waals surface area contributed by atoms with Gasteiger partial charge in [0.1, 0.15) is 25.3 Å². The Morgan fingerprint density at radius 2 is 1.74 bits per heavy atom. The Morgan fingerprint density at radius 3 is 2.46 bits per heavy atom. The predicted molar refractivity (Wildman–Crippen MR) is 200 cm³/mol. The van der Waals surface area contributed by atoms with Crippen molar-refractivity contribution in [2.24, 2.45) is 5.92 Å². The Labute approximate surface area is 325 Å². The number of aryl methyl sites for hydroxylation is 1. The number of esters is 1. The summed E-state index contributed by atoms with van der Waals surface area (Å²) in [5, 5.41) is 11.7. The molecule has 0 aliphatic carbocycles. The molecule has 3 aromatic carbocycles. The van der Waals surface area contributed by atoms with Gasteiger partial charge in [-0.3, -0.25) is 19.5 Å². The molecule has 2 aliphatic heterocycles. The third-order valence-corrected chi connectivity index (χ3v) is 10.9.